The maximum atomic E-state index is 14.3. The van der Waals surface area contributed by atoms with E-state index in [9.17, 15) is 26.4 Å². The number of benzene rings is 3. The monoisotopic (exact) mass is 696 g/mol. The molecule has 5 aromatic rings. The number of aromatic amines is 1. The first kappa shape index (κ1) is 35.6. The summed E-state index contributed by atoms with van der Waals surface area (Å²) in [5.74, 6) is 0. The number of H-pyrrole nitrogens is 1. The van der Waals surface area contributed by atoms with Crippen molar-refractivity contribution < 1.29 is 16.8 Å². The van der Waals surface area contributed by atoms with Crippen molar-refractivity contribution in [3.05, 3.63) is 75.0 Å². The number of aromatic nitrogens is 2. The van der Waals surface area contributed by atoms with Crippen molar-refractivity contribution in [2.45, 2.75) is 45.4 Å². The van der Waals surface area contributed by atoms with Gasteiger partial charge >= 0.3 is 10.2 Å². The fraction of sp³-hybridized carbons (Fsp3) is 0.412. The molecule has 0 saturated carbocycles. The third kappa shape index (κ3) is 7.05. The summed E-state index contributed by atoms with van der Waals surface area (Å²) in [7, 11) is -8.61. The predicted octanol–water partition coefficient (Wildman–Crippen LogP) is 3.57. The van der Waals surface area contributed by atoms with Crippen molar-refractivity contribution in [3.63, 3.8) is 0 Å². The van der Waals surface area contributed by atoms with E-state index in [1.807, 2.05) is 27.7 Å². The lowest BCUT2D eigenvalue weighted by Crippen LogP contribution is -2.35. The van der Waals surface area contributed by atoms with E-state index in [0.717, 1.165) is 30.2 Å². The molecule has 0 spiro atoms. The number of nitrogens with zero attached hydrogens (tertiary/aromatic N) is 3. The quantitative estimate of drug-likeness (QED) is 0.105. The number of hydrogen-bond acceptors (Lipinski definition) is 8. The van der Waals surface area contributed by atoms with E-state index < -0.39 is 25.7 Å². The molecule has 5 rings (SSSR count). The molecule has 0 radical (unpaired) electrons. The average molecular weight is 697 g/mol. The maximum Gasteiger partial charge on any atom is 0.305 e. The van der Waals surface area contributed by atoms with Crippen LogP contribution in [0.2, 0.25) is 0 Å². The Kier molecular flexibility index (Phi) is 11.0. The van der Waals surface area contributed by atoms with Gasteiger partial charge in [-0.05, 0) is 88.5 Å². The molecule has 2 aromatic heterocycles. The molecular formula is C34H44N6O6S2. The van der Waals surface area contributed by atoms with E-state index in [1.54, 1.807) is 24.3 Å². The van der Waals surface area contributed by atoms with Gasteiger partial charge in [0.1, 0.15) is 0 Å². The van der Waals surface area contributed by atoms with Gasteiger partial charge in [0.25, 0.3) is 0 Å². The third-order valence-electron chi connectivity index (χ3n) is 8.93. The Hall–Kier alpha value is -3.66. The smallest absolute Gasteiger partial charge is 0.305 e. The van der Waals surface area contributed by atoms with Gasteiger partial charge in [0.05, 0.1) is 26.8 Å². The molecule has 0 atom stereocenters. The summed E-state index contributed by atoms with van der Waals surface area (Å²) in [6.45, 7) is 13.1. The molecule has 0 amide bonds. The lowest BCUT2D eigenvalue weighted by atomic mass is 10.1. The van der Waals surface area contributed by atoms with Gasteiger partial charge in [0.2, 0.25) is 10.0 Å². The van der Waals surface area contributed by atoms with Crippen LogP contribution in [0.3, 0.4) is 0 Å². The first-order valence-electron chi connectivity index (χ1n) is 16.5. The number of rotatable bonds is 16. The second kappa shape index (κ2) is 14.8. The Labute approximate surface area is 281 Å². The molecule has 2 heterocycles. The number of fused-ring (bicyclic) bond motifs is 4. The SMILES string of the molecule is CCN(CC)CCCNS(=O)(=O)c1cccc2c1c(=O)c1cc3[nH]c4ccccc4c(=O)c3cc1n2S(=O)(=O)NCCCN(CC)CC. The summed E-state index contributed by atoms with van der Waals surface area (Å²) in [6.07, 6.45) is 1.08. The molecule has 0 unspecified atom stereocenters. The first-order valence-corrected chi connectivity index (χ1v) is 19.4. The minimum absolute atomic E-state index is 0.0289. The van der Waals surface area contributed by atoms with Crippen molar-refractivity contribution in [1.82, 2.24) is 28.2 Å². The molecule has 3 N–H and O–H groups in total. The van der Waals surface area contributed by atoms with E-state index in [-0.39, 0.29) is 50.6 Å². The van der Waals surface area contributed by atoms with Crippen LogP contribution in [0.15, 0.2) is 69.1 Å². The molecule has 12 nitrogen and oxygen atoms in total. The van der Waals surface area contributed by atoms with Crippen molar-refractivity contribution in [1.29, 1.82) is 0 Å². The van der Waals surface area contributed by atoms with E-state index in [4.69, 9.17) is 0 Å². The van der Waals surface area contributed by atoms with Crippen LogP contribution in [0, 0.1) is 0 Å². The molecule has 0 fully saturated rings. The molecule has 14 heteroatoms. The van der Waals surface area contributed by atoms with Crippen LogP contribution in [0.5, 0.6) is 0 Å². The molecule has 0 saturated heterocycles. The van der Waals surface area contributed by atoms with Crippen LogP contribution in [0.1, 0.15) is 40.5 Å². The number of pyridine rings is 2. The number of sulfonamides is 1. The lowest BCUT2D eigenvalue weighted by Gasteiger charge is -2.20. The van der Waals surface area contributed by atoms with Gasteiger partial charge in [0.15, 0.2) is 10.9 Å². The second-order valence-corrected chi connectivity index (χ2v) is 15.1. The van der Waals surface area contributed by atoms with Crippen LogP contribution in [-0.2, 0) is 20.2 Å². The second-order valence-electron chi connectivity index (χ2n) is 11.7. The fourth-order valence-electron chi connectivity index (χ4n) is 6.21. The van der Waals surface area contributed by atoms with E-state index in [1.165, 1.54) is 30.3 Å². The first-order chi connectivity index (χ1) is 23.0. The van der Waals surface area contributed by atoms with Crippen molar-refractivity contribution in [2.75, 3.05) is 52.4 Å². The maximum absolute atomic E-state index is 14.3. The summed E-state index contributed by atoms with van der Waals surface area (Å²) < 4.78 is 62.0. The molecular weight excluding hydrogens is 653 g/mol. The number of nitrogens with one attached hydrogen (secondary N) is 3. The largest absolute Gasteiger partial charge is 0.354 e. The normalized spacial score (nSPS) is 12.8. The molecule has 0 aliphatic rings. The minimum atomic E-state index is -4.39. The summed E-state index contributed by atoms with van der Waals surface area (Å²) in [5, 5.41) is 0.317. The zero-order valence-corrected chi connectivity index (χ0v) is 29.5. The van der Waals surface area contributed by atoms with Crippen LogP contribution in [-0.4, -0.2) is 87.9 Å². The standard InChI is InChI=1S/C34H44N6O6S2/c1-5-38(6-2)20-12-18-35-47(43,44)31-17-11-16-29-32(31)34(42)26-22-28-25(33(41)24-14-9-10-15-27(24)37-28)23-30(26)40(29)48(45,46)36-19-13-21-39(7-3)8-4/h9-11,14-17,22-23,35-36H,5-8,12-13,18-21H2,1-4H3,(H,37,41). The molecule has 0 aliphatic heterocycles. The van der Waals surface area contributed by atoms with Crippen molar-refractivity contribution in [3.8, 4) is 0 Å². The highest BCUT2D eigenvalue weighted by atomic mass is 32.2. The highest BCUT2D eigenvalue weighted by Gasteiger charge is 2.27. The van der Waals surface area contributed by atoms with Gasteiger partial charge in [-0.25, -0.2) is 17.1 Å². The van der Waals surface area contributed by atoms with Crippen LogP contribution in [0.25, 0.3) is 43.6 Å². The topological polar surface area (TPSA) is 154 Å². The third-order valence-corrected chi connectivity index (χ3v) is 11.9. The van der Waals surface area contributed by atoms with E-state index in [0.29, 0.717) is 42.4 Å². The summed E-state index contributed by atoms with van der Waals surface area (Å²) in [5.41, 5.74) is -0.239. The van der Waals surface area contributed by atoms with E-state index in [2.05, 4.69) is 24.2 Å². The average Bonchev–Trinajstić information content (AvgIpc) is 3.08. The van der Waals surface area contributed by atoms with Gasteiger partial charge in [-0.1, -0.05) is 45.9 Å². The zero-order chi connectivity index (χ0) is 34.6. The van der Waals surface area contributed by atoms with Gasteiger partial charge in [0, 0.05) is 34.8 Å². The summed E-state index contributed by atoms with van der Waals surface area (Å²) in [4.78, 5) is 35.1. The van der Waals surface area contributed by atoms with Crippen LogP contribution in [0.4, 0.5) is 0 Å². The molecule has 3 aromatic carbocycles. The number of para-hydroxylation sites is 1. The van der Waals surface area contributed by atoms with Crippen molar-refractivity contribution in [2.24, 2.45) is 0 Å². The van der Waals surface area contributed by atoms with Gasteiger partial charge in [-0.2, -0.15) is 13.1 Å². The Morgan fingerprint density at radius 3 is 1.94 bits per heavy atom. The Morgan fingerprint density at radius 1 is 0.667 bits per heavy atom. The summed E-state index contributed by atoms with van der Waals surface area (Å²) >= 11 is 0. The predicted molar refractivity (Wildman–Crippen MR) is 194 cm³/mol. The van der Waals surface area contributed by atoms with Gasteiger partial charge in [-0.15, -0.1) is 0 Å². The molecule has 48 heavy (non-hydrogen) atoms. The molecule has 258 valence electrons. The highest BCUT2D eigenvalue weighted by Crippen LogP contribution is 2.28. The Morgan fingerprint density at radius 2 is 1.29 bits per heavy atom. The summed E-state index contributed by atoms with van der Waals surface area (Å²) in [6, 6.07) is 13.9. The van der Waals surface area contributed by atoms with Crippen LogP contribution >= 0.6 is 0 Å². The van der Waals surface area contributed by atoms with E-state index >= 15 is 0 Å². The molecule has 0 aliphatic carbocycles. The lowest BCUT2D eigenvalue weighted by molar-refractivity contribution is 0.300. The number of hydrogen-bond donors (Lipinski definition) is 3. The highest BCUT2D eigenvalue weighted by molar-refractivity contribution is 7.89. The van der Waals surface area contributed by atoms with Gasteiger partial charge < -0.3 is 14.8 Å². The van der Waals surface area contributed by atoms with Crippen molar-refractivity contribution >= 4 is 63.8 Å². The minimum Gasteiger partial charge on any atom is -0.354 e. The Bertz CT molecular complexity index is 2290. The zero-order valence-electron chi connectivity index (χ0n) is 27.9. The fourth-order valence-corrected chi connectivity index (χ4v) is 8.85. The van der Waals surface area contributed by atoms with Crippen LogP contribution < -0.4 is 20.3 Å². The van der Waals surface area contributed by atoms with Gasteiger partial charge in [-0.3, -0.25) is 9.59 Å². The Balaban J connectivity index is 1.72. The molecule has 0 bridgehead atoms.